The largest absolute Gasteiger partial charge is 0.338 e. The van der Waals surface area contributed by atoms with E-state index in [4.69, 9.17) is 0 Å². The van der Waals surface area contributed by atoms with Gasteiger partial charge in [0.1, 0.15) is 11.6 Å². The van der Waals surface area contributed by atoms with Crippen LogP contribution in [0.15, 0.2) is 34.8 Å². The van der Waals surface area contributed by atoms with Crippen molar-refractivity contribution in [3.63, 3.8) is 0 Å². The van der Waals surface area contributed by atoms with Gasteiger partial charge < -0.3 is 4.98 Å². The van der Waals surface area contributed by atoms with E-state index >= 15 is 0 Å². The van der Waals surface area contributed by atoms with Crippen molar-refractivity contribution in [1.82, 2.24) is 9.97 Å². The number of rotatable bonds is 1. The van der Waals surface area contributed by atoms with Gasteiger partial charge in [0.05, 0.1) is 15.5 Å². The Morgan fingerprint density at radius 2 is 1.74 bits per heavy atom. The molecule has 1 N–H and O–H groups in total. The molecule has 19 heavy (non-hydrogen) atoms. The molecule has 0 radical (unpaired) electrons. The van der Waals surface area contributed by atoms with Crippen LogP contribution >= 0.6 is 15.9 Å². The number of nitrogens with zero attached hydrogens (tertiary/aromatic N) is 1. The summed E-state index contributed by atoms with van der Waals surface area (Å²) in [6.45, 7) is 0. The number of H-pyrrole nitrogens is 1. The van der Waals surface area contributed by atoms with Crippen LogP contribution in [0.4, 0.5) is 13.2 Å². The average molecular weight is 327 g/mol. The Hall–Kier alpha value is -1.82. The van der Waals surface area contributed by atoms with Crippen molar-refractivity contribution >= 4 is 27.0 Å². The molecule has 3 aromatic rings. The monoisotopic (exact) mass is 326 g/mol. The molecule has 0 atom stereocenters. The lowest BCUT2D eigenvalue weighted by Crippen LogP contribution is -1.86. The summed E-state index contributed by atoms with van der Waals surface area (Å²) in [5, 5.41) is 0. The summed E-state index contributed by atoms with van der Waals surface area (Å²) in [6.07, 6.45) is 0. The van der Waals surface area contributed by atoms with Gasteiger partial charge in [-0.25, -0.2) is 18.2 Å². The molecule has 96 valence electrons. The molecule has 0 fully saturated rings. The lowest BCUT2D eigenvalue weighted by Gasteiger charge is -1.97. The molecule has 0 bridgehead atoms. The van der Waals surface area contributed by atoms with Crippen molar-refractivity contribution in [3.05, 3.63) is 52.3 Å². The first kappa shape index (κ1) is 12.2. The van der Waals surface area contributed by atoms with Gasteiger partial charge in [-0.3, -0.25) is 0 Å². The fourth-order valence-corrected chi connectivity index (χ4v) is 2.12. The summed E-state index contributed by atoms with van der Waals surface area (Å²) in [5.74, 6) is -1.95. The first-order chi connectivity index (χ1) is 9.04. The number of hydrogen-bond acceptors (Lipinski definition) is 1. The number of aromatic nitrogens is 2. The van der Waals surface area contributed by atoms with Gasteiger partial charge in [-0.2, -0.15) is 0 Å². The Kier molecular flexibility index (Phi) is 2.82. The van der Waals surface area contributed by atoms with Gasteiger partial charge in [-0.15, -0.1) is 0 Å². The summed E-state index contributed by atoms with van der Waals surface area (Å²) in [6, 6.07) is 6.27. The summed E-state index contributed by atoms with van der Waals surface area (Å²) in [7, 11) is 0. The van der Waals surface area contributed by atoms with Crippen LogP contribution in [-0.2, 0) is 0 Å². The third kappa shape index (κ3) is 2.12. The maximum absolute atomic E-state index is 13.4. The van der Waals surface area contributed by atoms with Crippen LogP contribution in [0.1, 0.15) is 0 Å². The van der Waals surface area contributed by atoms with Gasteiger partial charge in [0.15, 0.2) is 11.6 Å². The zero-order valence-electron chi connectivity index (χ0n) is 9.35. The van der Waals surface area contributed by atoms with Crippen molar-refractivity contribution in [2.75, 3.05) is 0 Å². The lowest BCUT2D eigenvalue weighted by atomic mass is 10.2. The molecule has 0 aliphatic heterocycles. The topological polar surface area (TPSA) is 28.7 Å². The van der Waals surface area contributed by atoms with Crippen molar-refractivity contribution < 1.29 is 13.2 Å². The van der Waals surface area contributed by atoms with E-state index in [1.54, 1.807) is 0 Å². The van der Waals surface area contributed by atoms with Crippen LogP contribution in [0.2, 0.25) is 0 Å². The molecular formula is C13H6BrF3N2. The third-order valence-corrected chi connectivity index (χ3v) is 3.32. The van der Waals surface area contributed by atoms with Crippen molar-refractivity contribution in [3.8, 4) is 11.4 Å². The Morgan fingerprint density at radius 3 is 2.47 bits per heavy atom. The molecule has 0 amide bonds. The zero-order chi connectivity index (χ0) is 13.6. The lowest BCUT2D eigenvalue weighted by molar-refractivity contribution is 0.509. The van der Waals surface area contributed by atoms with Crippen LogP contribution in [-0.4, -0.2) is 9.97 Å². The Morgan fingerprint density at radius 1 is 0.947 bits per heavy atom. The zero-order valence-corrected chi connectivity index (χ0v) is 10.9. The van der Waals surface area contributed by atoms with Gasteiger partial charge >= 0.3 is 0 Å². The van der Waals surface area contributed by atoms with Crippen LogP contribution in [0, 0.1) is 17.5 Å². The predicted octanol–water partition coefficient (Wildman–Crippen LogP) is 4.41. The minimum absolute atomic E-state index is 0.295. The van der Waals surface area contributed by atoms with E-state index in [0.29, 0.717) is 26.9 Å². The fourth-order valence-electron chi connectivity index (χ4n) is 1.79. The van der Waals surface area contributed by atoms with Crippen molar-refractivity contribution in [1.29, 1.82) is 0 Å². The highest BCUT2D eigenvalue weighted by atomic mass is 79.9. The third-order valence-electron chi connectivity index (χ3n) is 2.72. The SMILES string of the molecule is Fc1ccc(-c2nc3cc(Br)c(F)cc3[nH]2)cc1F. The minimum atomic E-state index is -0.953. The molecule has 6 heteroatoms. The Balaban J connectivity index is 2.17. The summed E-state index contributed by atoms with van der Waals surface area (Å²) in [4.78, 5) is 7.08. The maximum Gasteiger partial charge on any atom is 0.159 e. The number of nitrogens with one attached hydrogen (secondary N) is 1. The van der Waals surface area contributed by atoms with Gasteiger partial charge in [0.25, 0.3) is 0 Å². The molecule has 0 saturated heterocycles. The van der Waals surface area contributed by atoms with Crippen molar-refractivity contribution in [2.24, 2.45) is 0 Å². The molecule has 2 nitrogen and oxygen atoms in total. The molecule has 3 rings (SSSR count). The minimum Gasteiger partial charge on any atom is -0.338 e. The molecule has 0 spiro atoms. The number of benzene rings is 2. The maximum atomic E-state index is 13.4. The molecule has 0 aliphatic rings. The molecule has 0 saturated carbocycles. The van der Waals surface area contributed by atoms with Gasteiger partial charge in [0, 0.05) is 11.6 Å². The van der Waals surface area contributed by atoms with E-state index in [1.807, 2.05) is 0 Å². The van der Waals surface area contributed by atoms with Gasteiger partial charge in [-0.05, 0) is 40.2 Å². The number of halogens is 4. The highest BCUT2D eigenvalue weighted by molar-refractivity contribution is 9.10. The van der Waals surface area contributed by atoms with Crippen LogP contribution < -0.4 is 0 Å². The molecule has 2 aromatic carbocycles. The number of hydrogen-bond donors (Lipinski definition) is 1. The van der Waals surface area contributed by atoms with E-state index in [-0.39, 0.29) is 0 Å². The standard InChI is InChI=1S/C13H6BrF3N2/c14-7-4-11-12(5-9(7)16)19-13(18-11)6-1-2-8(15)10(17)3-6/h1-5H,(H,18,19). The first-order valence-corrected chi connectivity index (χ1v) is 6.14. The Bertz CT molecular complexity index is 744. The van der Waals surface area contributed by atoms with E-state index < -0.39 is 17.5 Å². The smallest absolute Gasteiger partial charge is 0.159 e. The second kappa shape index (κ2) is 4.38. The van der Waals surface area contributed by atoms with E-state index in [9.17, 15) is 13.2 Å². The van der Waals surface area contributed by atoms with E-state index in [1.165, 1.54) is 18.2 Å². The first-order valence-electron chi connectivity index (χ1n) is 5.35. The molecule has 0 aliphatic carbocycles. The van der Waals surface area contributed by atoms with E-state index in [0.717, 1.165) is 12.1 Å². The summed E-state index contributed by atoms with van der Waals surface area (Å²) in [5.41, 5.74) is 1.42. The molecule has 1 heterocycles. The number of fused-ring (bicyclic) bond motifs is 1. The fraction of sp³-hybridized carbons (Fsp3) is 0. The second-order valence-electron chi connectivity index (χ2n) is 4.00. The van der Waals surface area contributed by atoms with Crippen molar-refractivity contribution in [2.45, 2.75) is 0 Å². The van der Waals surface area contributed by atoms with E-state index in [2.05, 4.69) is 25.9 Å². The highest BCUT2D eigenvalue weighted by Gasteiger charge is 2.10. The second-order valence-corrected chi connectivity index (χ2v) is 4.85. The average Bonchev–Trinajstić information content (AvgIpc) is 2.76. The molecular weight excluding hydrogens is 321 g/mol. The highest BCUT2D eigenvalue weighted by Crippen LogP contribution is 2.26. The van der Waals surface area contributed by atoms with Crippen LogP contribution in [0.3, 0.4) is 0 Å². The number of imidazole rings is 1. The van der Waals surface area contributed by atoms with Crippen LogP contribution in [0.25, 0.3) is 22.4 Å². The molecule has 0 unspecified atom stereocenters. The predicted molar refractivity (Wildman–Crippen MR) is 69.1 cm³/mol. The van der Waals surface area contributed by atoms with Crippen LogP contribution in [0.5, 0.6) is 0 Å². The molecule has 1 aromatic heterocycles. The Labute approximate surface area is 114 Å². The normalized spacial score (nSPS) is 11.2. The number of aromatic amines is 1. The van der Waals surface area contributed by atoms with Gasteiger partial charge in [0.2, 0.25) is 0 Å². The summed E-state index contributed by atoms with van der Waals surface area (Å²) >= 11 is 3.06. The van der Waals surface area contributed by atoms with Gasteiger partial charge in [-0.1, -0.05) is 0 Å². The quantitative estimate of drug-likeness (QED) is 0.705. The summed E-state index contributed by atoms with van der Waals surface area (Å²) < 4.78 is 39.7.